The number of carbonyl (C=O) groups is 1. The smallest absolute Gasteiger partial charge is 0.255 e. The molecule has 0 bridgehead atoms. The minimum Gasteiger partial charge on any atom is -0.363 e. The molecule has 0 spiro atoms. The molecule has 0 saturated carbocycles. The van der Waals surface area contributed by atoms with E-state index in [1.807, 2.05) is 17.0 Å². The zero-order chi connectivity index (χ0) is 19.2. The number of fused-ring (bicyclic) bond motifs is 1. The summed E-state index contributed by atoms with van der Waals surface area (Å²) in [6.45, 7) is 5.64. The average molecular weight is 371 g/mol. The minimum atomic E-state index is -0.500. The lowest BCUT2D eigenvalue weighted by Gasteiger charge is -2.41. The summed E-state index contributed by atoms with van der Waals surface area (Å²) in [5, 5.41) is 0. The number of halogens is 2. The van der Waals surface area contributed by atoms with Crippen LogP contribution >= 0.6 is 0 Å². The number of pyridine rings is 1. The van der Waals surface area contributed by atoms with Crippen LogP contribution in [0, 0.1) is 17.6 Å². The molecular formula is C21H23F2N3O. The first kappa shape index (κ1) is 17.9. The number of hydrogen-bond donors (Lipinski definition) is 0. The van der Waals surface area contributed by atoms with Crippen LogP contribution in [-0.4, -0.2) is 40.5 Å². The molecule has 27 heavy (non-hydrogen) atoms. The van der Waals surface area contributed by atoms with Gasteiger partial charge in [-0.15, -0.1) is 0 Å². The van der Waals surface area contributed by atoms with E-state index < -0.39 is 5.82 Å². The molecule has 0 radical (unpaired) electrons. The van der Waals surface area contributed by atoms with Crippen LogP contribution < -0.4 is 4.90 Å². The summed E-state index contributed by atoms with van der Waals surface area (Å²) in [6, 6.07) is 8.19. The molecule has 0 N–H and O–H groups in total. The highest BCUT2D eigenvalue weighted by Crippen LogP contribution is 2.44. The molecule has 2 aliphatic rings. The first-order chi connectivity index (χ1) is 12.8. The van der Waals surface area contributed by atoms with Crippen LogP contribution in [-0.2, 0) is 0 Å². The van der Waals surface area contributed by atoms with Gasteiger partial charge in [0.05, 0.1) is 11.8 Å². The minimum absolute atomic E-state index is 0.0768. The van der Waals surface area contributed by atoms with Gasteiger partial charge in [0.1, 0.15) is 11.6 Å². The van der Waals surface area contributed by atoms with Gasteiger partial charge in [-0.2, -0.15) is 0 Å². The molecule has 142 valence electrons. The van der Waals surface area contributed by atoms with Crippen molar-refractivity contribution in [1.29, 1.82) is 0 Å². The Labute approximate surface area is 157 Å². The van der Waals surface area contributed by atoms with Crippen molar-refractivity contribution in [1.82, 2.24) is 9.88 Å². The van der Waals surface area contributed by atoms with E-state index >= 15 is 0 Å². The Kier molecular flexibility index (Phi) is 4.36. The summed E-state index contributed by atoms with van der Waals surface area (Å²) in [7, 11) is 0. The largest absolute Gasteiger partial charge is 0.363 e. The van der Waals surface area contributed by atoms with E-state index in [1.54, 1.807) is 0 Å². The number of benzene rings is 1. The van der Waals surface area contributed by atoms with Crippen molar-refractivity contribution in [2.24, 2.45) is 5.92 Å². The number of nitrogens with zero attached hydrogens (tertiary/aromatic N) is 3. The molecule has 0 aliphatic carbocycles. The summed E-state index contributed by atoms with van der Waals surface area (Å²) < 4.78 is 26.7. The Balaban J connectivity index is 1.54. The second-order valence-corrected chi connectivity index (χ2v) is 8.12. The monoisotopic (exact) mass is 371 g/mol. The van der Waals surface area contributed by atoms with Crippen molar-refractivity contribution in [3.05, 3.63) is 59.9 Å². The fraction of sp³-hybridized carbons (Fsp3) is 0.429. The maximum Gasteiger partial charge on any atom is 0.255 e. The second-order valence-electron chi connectivity index (χ2n) is 8.12. The molecular weight excluding hydrogens is 348 g/mol. The van der Waals surface area contributed by atoms with Gasteiger partial charge < -0.3 is 9.80 Å². The van der Waals surface area contributed by atoms with E-state index in [0.717, 1.165) is 24.7 Å². The van der Waals surface area contributed by atoms with Crippen molar-refractivity contribution in [2.45, 2.75) is 38.3 Å². The predicted molar refractivity (Wildman–Crippen MR) is 99.6 cm³/mol. The summed E-state index contributed by atoms with van der Waals surface area (Å²) in [6.07, 6.45) is 4.30. The number of hydrogen-bond acceptors (Lipinski definition) is 3. The van der Waals surface area contributed by atoms with Gasteiger partial charge in [0.25, 0.3) is 5.91 Å². The van der Waals surface area contributed by atoms with Gasteiger partial charge in [0.2, 0.25) is 0 Å². The van der Waals surface area contributed by atoms with Crippen LogP contribution in [0.3, 0.4) is 0 Å². The quantitative estimate of drug-likeness (QED) is 0.804. The fourth-order valence-corrected chi connectivity index (χ4v) is 4.79. The number of piperidine rings is 1. The Morgan fingerprint density at radius 1 is 1.15 bits per heavy atom. The normalized spacial score (nSPS) is 24.0. The molecule has 2 atom stereocenters. The molecule has 2 saturated heterocycles. The van der Waals surface area contributed by atoms with Crippen molar-refractivity contribution >= 4 is 11.6 Å². The van der Waals surface area contributed by atoms with Gasteiger partial charge in [-0.1, -0.05) is 0 Å². The third kappa shape index (κ3) is 3.29. The zero-order valence-electron chi connectivity index (χ0n) is 15.5. The second kappa shape index (κ2) is 6.59. The van der Waals surface area contributed by atoms with Crippen LogP contribution in [0.25, 0.3) is 0 Å². The van der Waals surface area contributed by atoms with Crippen LogP contribution in [0.2, 0.25) is 0 Å². The van der Waals surface area contributed by atoms with Crippen LogP contribution in [0.1, 0.15) is 37.0 Å². The van der Waals surface area contributed by atoms with Crippen molar-refractivity contribution < 1.29 is 13.6 Å². The van der Waals surface area contributed by atoms with E-state index in [2.05, 4.69) is 23.7 Å². The SMILES string of the molecule is CC1(C)C[C@@H]2CN(C(=O)c3cncc(F)c3)CC[C@@H]2N1c1ccc(F)cc1. The van der Waals surface area contributed by atoms with Crippen molar-refractivity contribution in [3.8, 4) is 0 Å². The molecule has 2 aliphatic heterocycles. The number of carbonyl (C=O) groups excluding carboxylic acids is 1. The molecule has 0 unspecified atom stereocenters. The molecule has 1 amide bonds. The number of anilines is 1. The lowest BCUT2D eigenvalue weighted by atomic mass is 9.89. The van der Waals surface area contributed by atoms with Crippen LogP contribution in [0.15, 0.2) is 42.7 Å². The van der Waals surface area contributed by atoms with E-state index in [-0.39, 0.29) is 17.3 Å². The Hall–Kier alpha value is -2.50. The Morgan fingerprint density at radius 3 is 2.59 bits per heavy atom. The summed E-state index contributed by atoms with van der Waals surface area (Å²) in [5.74, 6) is -0.584. The van der Waals surface area contributed by atoms with Crippen molar-refractivity contribution in [2.75, 3.05) is 18.0 Å². The Morgan fingerprint density at radius 2 is 1.89 bits per heavy atom. The van der Waals surface area contributed by atoms with Gasteiger partial charge in [0.15, 0.2) is 0 Å². The highest BCUT2D eigenvalue weighted by molar-refractivity contribution is 5.94. The summed E-state index contributed by atoms with van der Waals surface area (Å²) >= 11 is 0. The van der Waals surface area contributed by atoms with Gasteiger partial charge in [-0.05, 0) is 62.9 Å². The summed E-state index contributed by atoms with van der Waals surface area (Å²) in [5.41, 5.74) is 1.23. The van der Waals surface area contributed by atoms with Crippen molar-refractivity contribution in [3.63, 3.8) is 0 Å². The van der Waals surface area contributed by atoms with E-state index in [9.17, 15) is 13.6 Å². The number of rotatable bonds is 2. The van der Waals surface area contributed by atoms with Crippen LogP contribution in [0.5, 0.6) is 0 Å². The maximum absolute atomic E-state index is 13.4. The van der Waals surface area contributed by atoms with Gasteiger partial charge >= 0.3 is 0 Å². The highest BCUT2D eigenvalue weighted by atomic mass is 19.1. The predicted octanol–water partition coefficient (Wildman–Crippen LogP) is 3.88. The third-order valence-corrected chi connectivity index (χ3v) is 5.78. The topological polar surface area (TPSA) is 36.4 Å². The van der Waals surface area contributed by atoms with E-state index in [4.69, 9.17) is 0 Å². The summed E-state index contributed by atoms with van der Waals surface area (Å²) in [4.78, 5) is 20.7. The number of aromatic nitrogens is 1. The van der Waals surface area contributed by atoms with E-state index in [1.165, 1.54) is 24.4 Å². The molecule has 6 heteroatoms. The molecule has 1 aromatic heterocycles. The molecule has 1 aromatic carbocycles. The molecule has 4 rings (SSSR count). The van der Waals surface area contributed by atoms with E-state index in [0.29, 0.717) is 30.6 Å². The number of amides is 1. The van der Waals surface area contributed by atoms with Gasteiger partial charge in [-0.3, -0.25) is 9.78 Å². The van der Waals surface area contributed by atoms with Crippen LogP contribution in [0.4, 0.5) is 14.5 Å². The first-order valence-electron chi connectivity index (χ1n) is 9.30. The lowest BCUT2D eigenvalue weighted by molar-refractivity contribution is 0.0666. The highest BCUT2D eigenvalue weighted by Gasteiger charge is 2.48. The maximum atomic E-state index is 13.4. The Bertz CT molecular complexity index is 853. The zero-order valence-corrected chi connectivity index (χ0v) is 15.5. The fourth-order valence-electron chi connectivity index (χ4n) is 4.79. The van der Waals surface area contributed by atoms with Gasteiger partial charge in [0, 0.05) is 36.6 Å². The molecule has 2 fully saturated rings. The average Bonchev–Trinajstić information content (AvgIpc) is 2.91. The molecule has 4 nitrogen and oxygen atoms in total. The third-order valence-electron chi connectivity index (χ3n) is 5.78. The molecule has 3 heterocycles. The lowest BCUT2D eigenvalue weighted by Crippen LogP contribution is -2.50. The number of likely N-dealkylation sites (tertiary alicyclic amines) is 1. The standard InChI is InChI=1S/C21H23F2N3O/c1-21(2)10-15-13-25(20(27)14-9-17(23)12-24-11-14)8-7-19(15)26(21)18-5-3-16(22)4-6-18/h3-6,9,11-12,15,19H,7-8,10,13H2,1-2H3/t15-,19+/m1/s1. The van der Waals surface area contributed by atoms with Gasteiger partial charge in [-0.25, -0.2) is 8.78 Å². The molecule has 2 aromatic rings. The first-order valence-corrected chi connectivity index (χ1v) is 9.30.